The van der Waals surface area contributed by atoms with E-state index in [0.29, 0.717) is 31.4 Å². The first-order valence-electron chi connectivity index (χ1n) is 7.00. The Labute approximate surface area is 124 Å². The molecule has 0 spiro atoms. The van der Waals surface area contributed by atoms with Gasteiger partial charge in [0.1, 0.15) is 0 Å². The maximum Gasteiger partial charge on any atom is 0.358 e. The summed E-state index contributed by atoms with van der Waals surface area (Å²) in [6.07, 6.45) is 1.07. The summed E-state index contributed by atoms with van der Waals surface area (Å²) in [5.41, 5.74) is 0.403. The van der Waals surface area contributed by atoms with Gasteiger partial charge in [0, 0.05) is 18.0 Å². The molecule has 0 aliphatic heterocycles. The van der Waals surface area contributed by atoms with Crippen LogP contribution in [-0.2, 0) is 9.47 Å². The molecule has 1 N–H and O–H groups in total. The van der Waals surface area contributed by atoms with Crippen LogP contribution >= 0.6 is 11.3 Å². The fraction of sp³-hybridized carbons (Fsp3) is 0.714. The van der Waals surface area contributed by atoms with Crippen molar-refractivity contribution in [2.24, 2.45) is 5.92 Å². The number of aryl methyl sites for hydroxylation is 1. The summed E-state index contributed by atoms with van der Waals surface area (Å²) in [6.45, 7) is 10.5. The van der Waals surface area contributed by atoms with Gasteiger partial charge in [-0.25, -0.2) is 9.78 Å². The summed E-state index contributed by atoms with van der Waals surface area (Å²) in [5, 5.41) is 3.90. The van der Waals surface area contributed by atoms with Crippen molar-refractivity contribution in [2.75, 3.05) is 31.7 Å². The molecule has 1 rings (SSSR count). The first-order chi connectivity index (χ1) is 9.54. The number of esters is 1. The van der Waals surface area contributed by atoms with E-state index in [1.54, 1.807) is 6.92 Å². The van der Waals surface area contributed by atoms with Crippen LogP contribution in [0.2, 0.25) is 0 Å². The average molecular weight is 300 g/mol. The zero-order chi connectivity index (χ0) is 15.0. The van der Waals surface area contributed by atoms with Gasteiger partial charge in [-0.2, -0.15) is 0 Å². The van der Waals surface area contributed by atoms with Crippen molar-refractivity contribution in [1.82, 2.24) is 4.98 Å². The molecule has 1 heterocycles. The van der Waals surface area contributed by atoms with Crippen molar-refractivity contribution in [1.29, 1.82) is 0 Å². The molecule has 0 fully saturated rings. The lowest BCUT2D eigenvalue weighted by molar-refractivity contribution is 0.0519. The number of carbonyl (C=O) groups is 1. The van der Waals surface area contributed by atoms with Crippen molar-refractivity contribution in [3.63, 3.8) is 0 Å². The molecular weight excluding hydrogens is 276 g/mol. The molecule has 0 saturated carbocycles. The Morgan fingerprint density at radius 1 is 1.40 bits per heavy atom. The van der Waals surface area contributed by atoms with Gasteiger partial charge in [-0.15, -0.1) is 11.3 Å². The van der Waals surface area contributed by atoms with Gasteiger partial charge in [-0.05, 0) is 26.2 Å². The van der Waals surface area contributed by atoms with Gasteiger partial charge < -0.3 is 14.8 Å². The van der Waals surface area contributed by atoms with Crippen molar-refractivity contribution in [3.8, 4) is 0 Å². The van der Waals surface area contributed by atoms with E-state index in [2.05, 4.69) is 24.1 Å². The SMILES string of the molecule is CCOC(=O)c1nc(NCCOCCC(C)C)sc1C. The normalized spacial score (nSPS) is 10.8. The summed E-state index contributed by atoms with van der Waals surface area (Å²) in [6, 6.07) is 0. The summed E-state index contributed by atoms with van der Waals surface area (Å²) in [4.78, 5) is 16.7. The minimum atomic E-state index is -0.359. The highest BCUT2D eigenvalue weighted by molar-refractivity contribution is 7.15. The third-order valence-electron chi connectivity index (χ3n) is 2.63. The van der Waals surface area contributed by atoms with Crippen molar-refractivity contribution < 1.29 is 14.3 Å². The Hall–Kier alpha value is -1.14. The third kappa shape index (κ3) is 5.88. The highest BCUT2D eigenvalue weighted by atomic mass is 32.1. The lowest BCUT2D eigenvalue weighted by Gasteiger charge is -2.06. The van der Waals surface area contributed by atoms with Crippen LogP contribution in [0.1, 0.15) is 42.6 Å². The molecule has 0 atom stereocenters. The van der Waals surface area contributed by atoms with Crippen LogP contribution in [0.4, 0.5) is 5.13 Å². The maximum absolute atomic E-state index is 11.6. The first kappa shape index (κ1) is 16.9. The van der Waals surface area contributed by atoms with Gasteiger partial charge in [0.25, 0.3) is 0 Å². The summed E-state index contributed by atoms with van der Waals surface area (Å²) < 4.78 is 10.5. The first-order valence-corrected chi connectivity index (χ1v) is 7.82. The quantitative estimate of drug-likeness (QED) is 0.561. The van der Waals surface area contributed by atoms with E-state index in [9.17, 15) is 4.79 Å². The highest BCUT2D eigenvalue weighted by Gasteiger charge is 2.16. The van der Waals surface area contributed by atoms with Crippen LogP contribution in [0.3, 0.4) is 0 Å². The number of aromatic nitrogens is 1. The van der Waals surface area contributed by atoms with Crippen LogP contribution in [0.25, 0.3) is 0 Å². The van der Waals surface area contributed by atoms with Gasteiger partial charge in [-0.1, -0.05) is 13.8 Å². The summed E-state index contributed by atoms with van der Waals surface area (Å²) >= 11 is 1.46. The molecule has 0 unspecified atom stereocenters. The summed E-state index contributed by atoms with van der Waals surface area (Å²) in [7, 11) is 0. The molecule has 0 aliphatic rings. The number of hydrogen-bond acceptors (Lipinski definition) is 6. The number of carbonyl (C=O) groups excluding carboxylic acids is 1. The van der Waals surface area contributed by atoms with E-state index in [1.807, 2.05) is 6.92 Å². The molecule has 0 aliphatic carbocycles. The van der Waals surface area contributed by atoms with Gasteiger partial charge in [0.2, 0.25) is 0 Å². The number of thiazole rings is 1. The molecule has 0 aromatic carbocycles. The zero-order valence-corrected chi connectivity index (χ0v) is 13.5. The monoisotopic (exact) mass is 300 g/mol. The van der Waals surface area contributed by atoms with Crippen molar-refractivity contribution in [3.05, 3.63) is 10.6 Å². The molecule has 6 heteroatoms. The topological polar surface area (TPSA) is 60.5 Å². The Bertz CT molecular complexity index is 419. The number of ether oxygens (including phenoxy) is 2. The molecule has 1 aromatic heterocycles. The molecule has 0 amide bonds. The zero-order valence-electron chi connectivity index (χ0n) is 12.7. The lowest BCUT2D eigenvalue weighted by Crippen LogP contribution is -2.11. The van der Waals surface area contributed by atoms with E-state index in [1.165, 1.54) is 11.3 Å². The second-order valence-corrected chi connectivity index (χ2v) is 6.07. The number of nitrogens with zero attached hydrogens (tertiary/aromatic N) is 1. The molecule has 0 saturated heterocycles. The van der Waals surface area contributed by atoms with Gasteiger partial charge in [0.15, 0.2) is 10.8 Å². The Kier molecular flexibility index (Phi) is 7.54. The van der Waals surface area contributed by atoms with Crippen LogP contribution in [0.15, 0.2) is 0 Å². The van der Waals surface area contributed by atoms with E-state index in [0.717, 1.165) is 23.0 Å². The molecule has 20 heavy (non-hydrogen) atoms. The second-order valence-electron chi connectivity index (χ2n) is 4.87. The molecule has 1 aromatic rings. The van der Waals surface area contributed by atoms with E-state index in [4.69, 9.17) is 9.47 Å². The third-order valence-corrected chi connectivity index (χ3v) is 3.56. The van der Waals surface area contributed by atoms with Gasteiger partial charge in [-0.3, -0.25) is 0 Å². The lowest BCUT2D eigenvalue weighted by atomic mass is 10.1. The Balaban J connectivity index is 2.31. The minimum Gasteiger partial charge on any atom is -0.461 e. The molecule has 0 radical (unpaired) electrons. The predicted octanol–water partition coefficient (Wildman–Crippen LogP) is 3.10. The van der Waals surface area contributed by atoms with Crippen molar-refractivity contribution >= 4 is 22.4 Å². The van der Waals surface area contributed by atoms with Crippen LogP contribution < -0.4 is 5.32 Å². The molecular formula is C14H24N2O3S. The summed E-state index contributed by atoms with van der Waals surface area (Å²) in [5.74, 6) is 0.305. The Morgan fingerprint density at radius 2 is 2.15 bits per heavy atom. The van der Waals surface area contributed by atoms with Crippen LogP contribution in [0.5, 0.6) is 0 Å². The number of anilines is 1. The van der Waals surface area contributed by atoms with Crippen molar-refractivity contribution in [2.45, 2.75) is 34.1 Å². The number of nitrogens with one attached hydrogen (secondary N) is 1. The molecule has 0 bridgehead atoms. The van der Waals surface area contributed by atoms with E-state index >= 15 is 0 Å². The molecule has 5 nitrogen and oxygen atoms in total. The maximum atomic E-state index is 11.6. The van der Waals surface area contributed by atoms with Gasteiger partial charge >= 0.3 is 5.97 Å². The fourth-order valence-corrected chi connectivity index (χ4v) is 2.34. The Morgan fingerprint density at radius 3 is 2.80 bits per heavy atom. The van der Waals surface area contributed by atoms with Gasteiger partial charge in [0.05, 0.1) is 13.2 Å². The fourth-order valence-electron chi connectivity index (χ4n) is 1.51. The predicted molar refractivity (Wildman–Crippen MR) is 81.6 cm³/mol. The number of hydrogen-bond donors (Lipinski definition) is 1. The molecule has 114 valence electrons. The smallest absolute Gasteiger partial charge is 0.358 e. The van der Waals surface area contributed by atoms with Crippen LogP contribution in [-0.4, -0.2) is 37.3 Å². The van der Waals surface area contributed by atoms with Crippen LogP contribution in [0, 0.1) is 12.8 Å². The van der Waals surface area contributed by atoms with E-state index < -0.39 is 0 Å². The minimum absolute atomic E-state index is 0.359. The highest BCUT2D eigenvalue weighted by Crippen LogP contribution is 2.22. The number of rotatable bonds is 9. The standard InChI is InChI=1S/C14H24N2O3S/c1-5-19-13(17)12-11(4)20-14(16-12)15-7-9-18-8-6-10(2)3/h10H,5-9H2,1-4H3,(H,15,16). The second kappa shape index (κ2) is 8.92. The van der Waals surface area contributed by atoms with E-state index in [-0.39, 0.29) is 5.97 Å². The largest absolute Gasteiger partial charge is 0.461 e. The average Bonchev–Trinajstić information content (AvgIpc) is 2.75.